The molecule has 2 atom stereocenters. The number of halogens is 2. The van der Waals surface area contributed by atoms with Crippen molar-refractivity contribution in [3.8, 4) is 5.69 Å². The fourth-order valence-corrected chi connectivity index (χ4v) is 2.54. The zero-order chi connectivity index (χ0) is 17.8. The van der Waals surface area contributed by atoms with Gasteiger partial charge in [-0.05, 0) is 42.8 Å². The second-order valence-electron chi connectivity index (χ2n) is 5.74. The molecule has 1 aromatic heterocycles. The van der Waals surface area contributed by atoms with Crippen LogP contribution >= 0.6 is 0 Å². The first-order valence-corrected chi connectivity index (χ1v) is 7.86. The summed E-state index contributed by atoms with van der Waals surface area (Å²) >= 11 is 0. The summed E-state index contributed by atoms with van der Waals surface area (Å²) in [6.07, 6.45) is 1.94. The Morgan fingerprint density at radius 1 is 1.16 bits per heavy atom. The maximum Gasteiger partial charge on any atom is 0.138 e. The minimum absolute atomic E-state index is 0.0544. The van der Waals surface area contributed by atoms with Gasteiger partial charge >= 0.3 is 0 Å². The largest absolute Gasteiger partial charge is 0.387 e. The Labute approximate surface area is 144 Å². The van der Waals surface area contributed by atoms with E-state index in [0.717, 1.165) is 29.4 Å². The molecule has 2 unspecified atom stereocenters. The summed E-state index contributed by atoms with van der Waals surface area (Å²) in [5, 5.41) is 17.3. The third-order valence-corrected chi connectivity index (χ3v) is 4.01. The molecule has 2 aromatic carbocycles. The summed E-state index contributed by atoms with van der Waals surface area (Å²) < 4.78 is 28.5. The van der Waals surface area contributed by atoms with E-state index in [1.807, 2.05) is 31.2 Å². The second kappa shape index (κ2) is 7.50. The Morgan fingerprint density at radius 3 is 2.60 bits per heavy atom. The maximum absolute atomic E-state index is 13.7. The molecule has 0 fully saturated rings. The molecule has 0 spiro atoms. The van der Waals surface area contributed by atoms with Crippen molar-refractivity contribution in [1.82, 2.24) is 20.1 Å². The topological polar surface area (TPSA) is 63.0 Å². The number of hydrogen-bond donors (Lipinski definition) is 2. The number of nitrogens with one attached hydrogen (secondary N) is 1. The molecule has 0 aliphatic carbocycles. The zero-order valence-corrected chi connectivity index (χ0v) is 13.6. The zero-order valence-electron chi connectivity index (χ0n) is 13.6. The van der Waals surface area contributed by atoms with E-state index < -0.39 is 17.7 Å². The van der Waals surface area contributed by atoms with Gasteiger partial charge in [0.25, 0.3) is 0 Å². The Balaban J connectivity index is 1.62. The van der Waals surface area contributed by atoms with E-state index in [1.54, 1.807) is 11.0 Å². The van der Waals surface area contributed by atoms with Crippen molar-refractivity contribution in [2.24, 2.45) is 0 Å². The van der Waals surface area contributed by atoms with Crippen LogP contribution in [0.4, 0.5) is 8.78 Å². The SMILES string of the molecule is CC(NCC(O)c1cc(F)ccc1F)c1ccc(-n2cncn2)cc1. The Kier molecular flexibility index (Phi) is 5.16. The predicted molar refractivity (Wildman–Crippen MR) is 89.1 cm³/mol. The van der Waals surface area contributed by atoms with Crippen LogP contribution in [-0.2, 0) is 0 Å². The van der Waals surface area contributed by atoms with E-state index in [9.17, 15) is 13.9 Å². The Hall–Kier alpha value is -2.64. The average Bonchev–Trinajstić information content (AvgIpc) is 3.16. The number of aliphatic hydroxyl groups excluding tert-OH is 1. The first-order valence-electron chi connectivity index (χ1n) is 7.86. The summed E-state index contributed by atoms with van der Waals surface area (Å²) in [6.45, 7) is 2.03. The highest BCUT2D eigenvalue weighted by Gasteiger charge is 2.15. The second-order valence-corrected chi connectivity index (χ2v) is 5.74. The Morgan fingerprint density at radius 2 is 1.92 bits per heavy atom. The van der Waals surface area contributed by atoms with E-state index in [0.29, 0.717) is 0 Å². The number of benzene rings is 2. The molecule has 5 nitrogen and oxygen atoms in total. The van der Waals surface area contributed by atoms with Gasteiger partial charge in [-0.25, -0.2) is 18.4 Å². The number of rotatable bonds is 6. The van der Waals surface area contributed by atoms with E-state index in [-0.39, 0.29) is 18.2 Å². The van der Waals surface area contributed by atoms with Crippen LogP contribution < -0.4 is 5.32 Å². The van der Waals surface area contributed by atoms with E-state index >= 15 is 0 Å². The molecule has 0 radical (unpaired) electrons. The minimum Gasteiger partial charge on any atom is -0.387 e. The molecule has 1 heterocycles. The molecule has 0 aliphatic heterocycles. The van der Waals surface area contributed by atoms with Gasteiger partial charge in [-0.2, -0.15) is 5.10 Å². The summed E-state index contributed by atoms with van der Waals surface area (Å²) in [5.74, 6) is -1.20. The van der Waals surface area contributed by atoms with Crippen LogP contribution in [0.15, 0.2) is 55.1 Å². The van der Waals surface area contributed by atoms with Crippen molar-refractivity contribution in [2.75, 3.05) is 6.54 Å². The molecule has 3 aromatic rings. The summed E-state index contributed by atoms with van der Waals surface area (Å²) in [6, 6.07) is 10.7. The Bertz CT molecular complexity index is 822. The van der Waals surface area contributed by atoms with Gasteiger partial charge < -0.3 is 10.4 Å². The van der Waals surface area contributed by atoms with Crippen LogP contribution in [0.3, 0.4) is 0 Å². The molecule has 3 rings (SSSR count). The van der Waals surface area contributed by atoms with Gasteiger partial charge in [0.15, 0.2) is 0 Å². The van der Waals surface area contributed by atoms with Crippen LogP contribution in [0.1, 0.15) is 30.2 Å². The van der Waals surface area contributed by atoms with Gasteiger partial charge in [0.05, 0.1) is 11.8 Å². The molecule has 25 heavy (non-hydrogen) atoms. The smallest absolute Gasteiger partial charge is 0.138 e. The third kappa shape index (κ3) is 4.07. The molecule has 0 saturated carbocycles. The van der Waals surface area contributed by atoms with Crippen molar-refractivity contribution in [2.45, 2.75) is 19.1 Å². The van der Waals surface area contributed by atoms with Crippen molar-refractivity contribution in [3.63, 3.8) is 0 Å². The number of nitrogens with zero attached hydrogens (tertiary/aromatic N) is 3. The fraction of sp³-hybridized carbons (Fsp3) is 0.222. The predicted octanol–water partition coefficient (Wildman–Crippen LogP) is 2.93. The molecule has 7 heteroatoms. The molecule has 0 amide bonds. The molecular formula is C18H18F2N4O. The first kappa shape index (κ1) is 17.2. The number of aliphatic hydroxyl groups is 1. The van der Waals surface area contributed by atoms with Crippen LogP contribution in [0.25, 0.3) is 5.69 Å². The molecule has 0 saturated heterocycles. The first-order chi connectivity index (χ1) is 12.0. The lowest BCUT2D eigenvalue weighted by Gasteiger charge is -2.18. The van der Waals surface area contributed by atoms with Crippen molar-refractivity contribution < 1.29 is 13.9 Å². The van der Waals surface area contributed by atoms with Crippen LogP contribution in [0.5, 0.6) is 0 Å². The van der Waals surface area contributed by atoms with Gasteiger partial charge in [0, 0.05) is 18.2 Å². The summed E-state index contributed by atoms with van der Waals surface area (Å²) in [4.78, 5) is 3.90. The van der Waals surface area contributed by atoms with Gasteiger partial charge in [0.2, 0.25) is 0 Å². The molecule has 130 valence electrons. The van der Waals surface area contributed by atoms with Crippen molar-refractivity contribution in [3.05, 3.63) is 77.9 Å². The lowest BCUT2D eigenvalue weighted by Crippen LogP contribution is -2.25. The highest BCUT2D eigenvalue weighted by molar-refractivity contribution is 5.34. The number of hydrogen-bond acceptors (Lipinski definition) is 4. The molecule has 0 bridgehead atoms. The van der Waals surface area contributed by atoms with E-state index in [4.69, 9.17) is 0 Å². The summed E-state index contributed by atoms with van der Waals surface area (Å²) in [5.41, 5.74) is 1.83. The van der Waals surface area contributed by atoms with E-state index in [2.05, 4.69) is 15.4 Å². The van der Waals surface area contributed by atoms with Crippen LogP contribution in [0, 0.1) is 11.6 Å². The fourth-order valence-electron chi connectivity index (χ4n) is 2.54. The highest BCUT2D eigenvalue weighted by Crippen LogP contribution is 2.20. The van der Waals surface area contributed by atoms with Crippen LogP contribution in [0.2, 0.25) is 0 Å². The highest BCUT2D eigenvalue weighted by atomic mass is 19.1. The quantitative estimate of drug-likeness (QED) is 0.722. The molecular weight excluding hydrogens is 326 g/mol. The molecule has 0 aliphatic rings. The third-order valence-electron chi connectivity index (χ3n) is 4.01. The summed E-state index contributed by atoms with van der Waals surface area (Å²) in [7, 11) is 0. The number of aromatic nitrogens is 3. The standard InChI is InChI=1S/C18H18F2N4O/c1-12(13-2-5-15(6-3-13)24-11-21-10-23-24)22-9-18(25)16-8-14(19)4-7-17(16)20/h2-8,10-12,18,22,25H,9H2,1H3. The maximum atomic E-state index is 13.7. The lowest BCUT2D eigenvalue weighted by molar-refractivity contribution is 0.166. The van der Waals surface area contributed by atoms with Gasteiger partial charge in [-0.1, -0.05) is 12.1 Å². The monoisotopic (exact) mass is 344 g/mol. The van der Waals surface area contributed by atoms with Crippen molar-refractivity contribution in [1.29, 1.82) is 0 Å². The minimum atomic E-state index is -1.13. The van der Waals surface area contributed by atoms with E-state index in [1.165, 1.54) is 6.33 Å². The lowest BCUT2D eigenvalue weighted by atomic mass is 10.1. The van der Waals surface area contributed by atoms with Gasteiger partial charge in [0.1, 0.15) is 24.3 Å². The van der Waals surface area contributed by atoms with Crippen molar-refractivity contribution >= 4 is 0 Å². The van der Waals surface area contributed by atoms with Gasteiger partial charge in [-0.15, -0.1) is 0 Å². The van der Waals surface area contributed by atoms with Gasteiger partial charge in [-0.3, -0.25) is 0 Å². The van der Waals surface area contributed by atoms with Crippen LogP contribution in [-0.4, -0.2) is 26.4 Å². The molecule has 2 N–H and O–H groups in total. The normalized spacial score (nSPS) is 13.6. The average molecular weight is 344 g/mol.